The Labute approximate surface area is 199 Å². The van der Waals surface area contributed by atoms with Crippen molar-refractivity contribution >= 4 is 11.6 Å². The first-order chi connectivity index (χ1) is 15.8. The summed E-state index contributed by atoms with van der Waals surface area (Å²) < 4.78 is 11.8. The quantitative estimate of drug-likeness (QED) is 0.510. The molecule has 1 saturated heterocycles. The zero-order valence-corrected chi connectivity index (χ0v) is 19.7. The number of ether oxygens (including phenoxy) is 2. The number of benzene rings is 2. The molecule has 0 amide bonds. The first kappa shape index (κ1) is 24.5. The Bertz CT molecular complexity index is 923. The van der Waals surface area contributed by atoms with E-state index in [9.17, 15) is 20.4 Å². The SMILES string of the molecule is C[C@@H]1CC(Oc2ccc(Cc3cc([C@H]4O[C@H](CO)[C@@H](O)[C@H](O)[C@H]4O)ccc3Cl)cc2)C[C@@H]1C. The van der Waals surface area contributed by atoms with Crippen LogP contribution >= 0.6 is 11.6 Å². The summed E-state index contributed by atoms with van der Waals surface area (Å²) in [5, 5.41) is 40.6. The molecule has 1 aliphatic carbocycles. The maximum absolute atomic E-state index is 10.4. The fraction of sp³-hybridized carbons (Fsp3) is 0.538. The van der Waals surface area contributed by atoms with E-state index in [2.05, 4.69) is 13.8 Å². The highest BCUT2D eigenvalue weighted by atomic mass is 35.5. The summed E-state index contributed by atoms with van der Waals surface area (Å²) >= 11 is 6.44. The Balaban J connectivity index is 1.46. The van der Waals surface area contributed by atoms with Gasteiger partial charge in [0.15, 0.2) is 0 Å². The van der Waals surface area contributed by atoms with E-state index in [1.165, 1.54) is 0 Å². The minimum atomic E-state index is -1.42. The first-order valence-corrected chi connectivity index (χ1v) is 12.0. The first-order valence-electron chi connectivity index (χ1n) is 11.6. The third-order valence-electron chi connectivity index (χ3n) is 7.15. The largest absolute Gasteiger partial charge is 0.490 e. The van der Waals surface area contributed by atoms with Crippen LogP contribution in [-0.2, 0) is 11.2 Å². The molecule has 2 aromatic rings. The highest BCUT2D eigenvalue weighted by Crippen LogP contribution is 2.35. The van der Waals surface area contributed by atoms with Crippen LogP contribution in [0, 0.1) is 11.8 Å². The molecule has 4 rings (SSSR count). The van der Waals surface area contributed by atoms with E-state index in [0.29, 0.717) is 28.8 Å². The van der Waals surface area contributed by atoms with Gasteiger partial charge >= 0.3 is 0 Å². The molecule has 4 N–H and O–H groups in total. The van der Waals surface area contributed by atoms with Gasteiger partial charge in [-0.1, -0.05) is 49.7 Å². The van der Waals surface area contributed by atoms with Crippen molar-refractivity contribution in [2.24, 2.45) is 11.8 Å². The van der Waals surface area contributed by atoms with Crippen LogP contribution in [0.2, 0.25) is 5.02 Å². The molecule has 0 aromatic heterocycles. The highest BCUT2D eigenvalue weighted by molar-refractivity contribution is 6.31. The molecule has 1 heterocycles. The average molecular weight is 477 g/mol. The van der Waals surface area contributed by atoms with Crippen molar-refractivity contribution < 1.29 is 29.9 Å². The fourth-order valence-electron chi connectivity index (χ4n) is 4.87. The summed E-state index contributed by atoms with van der Waals surface area (Å²) in [4.78, 5) is 0. The van der Waals surface area contributed by atoms with Gasteiger partial charge in [0.05, 0.1) is 12.7 Å². The summed E-state index contributed by atoms with van der Waals surface area (Å²) in [5.41, 5.74) is 2.53. The van der Waals surface area contributed by atoms with Crippen molar-refractivity contribution in [1.29, 1.82) is 0 Å². The lowest BCUT2D eigenvalue weighted by atomic mass is 9.90. The number of hydrogen-bond acceptors (Lipinski definition) is 6. The summed E-state index contributed by atoms with van der Waals surface area (Å²) in [6, 6.07) is 13.3. The van der Waals surface area contributed by atoms with Gasteiger partial charge in [0.2, 0.25) is 0 Å². The third-order valence-corrected chi connectivity index (χ3v) is 7.52. The Kier molecular flexibility index (Phi) is 7.63. The predicted octanol–water partition coefficient (Wildman–Crippen LogP) is 3.26. The molecular formula is C26H33ClO6. The second-order valence-corrected chi connectivity index (χ2v) is 9.99. The molecule has 1 aliphatic heterocycles. The topological polar surface area (TPSA) is 99.4 Å². The Morgan fingerprint density at radius 2 is 1.61 bits per heavy atom. The molecule has 8 atom stereocenters. The van der Waals surface area contributed by atoms with Gasteiger partial charge in [-0.3, -0.25) is 0 Å². The number of aliphatic hydroxyl groups is 4. The molecule has 2 aromatic carbocycles. The van der Waals surface area contributed by atoms with E-state index >= 15 is 0 Å². The van der Waals surface area contributed by atoms with Crippen LogP contribution in [0.3, 0.4) is 0 Å². The lowest BCUT2D eigenvalue weighted by molar-refractivity contribution is -0.231. The van der Waals surface area contributed by atoms with Gasteiger partial charge in [0.1, 0.15) is 36.3 Å². The second-order valence-electron chi connectivity index (χ2n) is 9.59. The van der Waals surface area contributed by atoms with E-state index in [1.807, 2.05) is 30.3 Å². The summed E-state index contributed by atoms with van der Waals surface area (Å²) in [5.74, 6) is 2.24. The zero-order chi connectivity index (χ0) is 23.7. The molecule has 180 valence electrons. The maximum atomic E-state index is 10.4. The molecular weight excluding hydrogens is 444 g/mol. The number of halogens is 1. The molecule has 2 aliphatic rings. The molecule has 0 radical (unpaired) electrons. The van der Waals surface area contributed by atoms with Gasteiger partial charge < -0.3 is 29.9 Å². The van der Waals surface area contributed by atoms with Crippen LogP contribution in [0.1, 0.15) is 49.5 Å². The van der Waals surface area contributed by atoms with Crippen LogP contribution in [0.15, 0.2) is 42.5 Å². The van der Waals surface area contributed by atoms with Gasteiger partial charge in [-0.2, -0.15) is 0 Å². The molecule has 7 heteroatoms. The normalized spacial score (nSPS) is 34.4. The molecule has 0 spiro atoms. The van der Waals surface area contributed by atoms with Crippen LogP contribution in [0.4, 0.5) is 0 Å². The van der Waals surface area contributed by atoms with Gasteiger partial charge in [-0.15, -0.1) is 0 Å². The minimum absolute atomic E-state index is 0.269. The van der Waals surface area contributed by atoms with E-state index < -0.39 is 37.1 Å². The molecule has 0 bridgehead atoms. The number of aliphatic hydroxyl groups excluding tert-OH is 4. The maximum Gasteiger partial charge on any atom is 0.119 e. The van der Waals surface area contributed by atoms with Crippen molar-refractivity contribution in [1.82, 2.24) is 0 Å². The van der Waals surface area contributed by atoms with E-state index in [4.69, 9.17) is 21.1 Å². The standard InChI is InChI=1S/C26H33ClO6/c1-14-9-20(10-15(14)2)32-19-6-3-16(4-7-19)11-18-12-17(5-8-21(18)27)26-25(31)24(30)23(29)22(13-28)33-26/h3-8,12,14-15,20,22-26,28-31H,9-11,13H2,1-2H3/t14-,15+,20?,22-,23-,24+,25-,26-/m1/s1. The number of rotatable bonds is 6. The van der Waals surface area contributed by atoms with Crippen LogP contribution in [-0.4, -0.2) is 57.6 Å². The van der Waals surface area contributed by atoms with Gasteiger partial charge in [0.25, 0.3) is 0 Å². The molecule has 1 saturated carbocycles. The van der Waals surface area contributed by atoms with E-state index in [1.54, 1.807) is 12.1 Å². The summed E-state index contributed by atoms with van der Waals surface area (Å²) in [7, 11) is 0. The fourth-order valence-corrected chi connectivity index (χ4v) is 5.05. The second kappa shape index (κ2) is 10.3. The monoisotopic (exact) mass is 476 g/mol. The van der Waals surface area contributed by atoms with Crippen molar-refractivity contribution in [2.45, 2.75) is 69.7 Å². The molecule has 33 heavy (non-hydrogen) atoms. The van der Waals surface area contributed by atoms with E-state index in [-0.39, 0.29) is 6.10 Å². The predicted molar refractivity (Wildman–Crippen MR) is 125 cm³/mol. The molecule has 1 unspecified atom stereocenters. The van der Waals surface area contributed by atoms with Crippen molar-refractivity contribution in [3.63, 3.8) is 0 Å². The summed E-state index contributed by atoms with van der Waals surface area (Å²) in [6.07, 6.45) is -2.95. The van der Waals surface area contributed by atoms with Crippen LogP contribution in [0.25, 0.3) is 0 Å². The average Bonchev–Trinajstić information content (AvgIpc) is 3.12. The smallest absolute Gasteiger partial charge is 0.119 e. The van der Waals surface area contributed by atoms with Gasteiger partial charge in [0, 0.05) is 5.02 Å². The molecule has 2 fully saturated rings. The minimum Gasteiger partial charge on any atom is -0.490 e. The number of hydrogen-bond donors (Lipinski definition) is 4. The van der Waals surface area contributed by atoms with Gasteiger partial charge in [-0.05, 0) is 66.0 Å². The highest BCUT2D eigenvalue weighted by Gasteiger charge is 2.44. The van der Waals surface area contributed by atoms with E-state index in [0.717, 1.165) is 29.7 Å². The zero-order valence-electron chi connectivity index (χ0n) is 19.0. The van der Waals surface area contributed by atoms with Crippen molar-refractivity contribution in [3.05, 3.63) is 64.2 Å². The lowest BCUT2D eigenvalue weighted by Gasteiger charge is -2.40. The summed E-state index contributed by atoms with van der Waals surface area (Å²) in [6.45, 7) is 4.09. The third kappa shape index (κ3) is 5.37. The molecule has 6 nitrogen and oxygen atoms in total. The Hall–Kier alpha value is -1.67. The van der Waals surface area contributed by atoms with Crippen LogP contribution < -0.4 is 4.74 Å². The Morgan fingerprint density at radius 1 is 0.939 bits per heavy atom. The van der Waals surface area contributed by atoms with Crippen molar-refractivity contribution in [3.8, 4) is 5.75 Å². The Morgan fingerprint density at radius 3 is 2.24 bits per heavy atom. The van der Waals surface area contributed by atoms with Crippen molar-refractivity contribution in [2.75, 3.05) is 6.61 Å². The van der Waals surface area contributed by atoms with Crippen LogP contribution in [0.5, 0.6) is 5.75 Å². The lowest BCUT2D eigenvalue weighted by Crippen LogP contribution is -2.55. The van der Waals surface area contributed by atoms with Gasteiger partial charge in [-0.25, -0.2) is 0 Å².